The largest absolute Gasteiger partial charge is 0.381 e. The van der Waals surface area contributed by atoms with Gasteiger partial charge in [0, 0.05) is 26.4 Å². The van der Waals surface area contributed by atoms with Crippen molar-refractivity contribution in [3.63, 3.8) is 0 Å². The fourth-order valence-electron chi connectivity index (χ4n) is 2.14. The number of aromatic nitrogens is 1. The fraction of sp³-hybridized carbons (Fsp3) is 0.583. The highest BCUT2D eigenvalue weighted by molar-refractivity contribution is 7.89. The molecule has 2 heterocycles. The number of ether oxygens (including phenoxy) is 1. The van der Waals surface area contributed by atoms with Gasteiger partial charge in [-0.2, -0.15) is 0 Å². The van der Waals surface area contributed by atoms with Gasteiger partial charge in [-0.1, -0.05) is 11.6 Å². The minimum absolute atomic E-state index is 0.173. The van der Waals surface area contributed by atoms with Crippen molar-refractivity contribution in [2.45, 2.75) is 17.7 Å². The zero-order valence-corrected chi connectivity index (χ0v) is 12.3. The van der Waals surface area contributed by atoms with Gasteiger partial charge in [-0.25, -0.2) is 17.7 Å². The van der Waals surface area contributed by atoms with Gasteiger partial charge >= 0.3 is 0 Å². The summed E-state index contributed by atoms with van der Waals surface area (Å²) < 4.78 is 31.4. The lowest BCUT2D eigenvalue weighted by Crippen LogP contribution is -2.35. The molecule has 1 aromatic rings. The first-order chi connectivity index (χ1) is 9.00. The van der Waals surface area contributed by atoms with Crippen LogP contribution >= 0.6 is 11.6 Å². The Labute approximate surface area is 118 Å². The zero-order valence-electron chi connectivity index (χ0n) is 10.8. The summed E-state index contributed by atoms with van der Waals surface area (Å²) in [4.78, 5) is 3.96. The van der Waals surface area contributed by atoms with Gasteiger partial charge in [-0.15, -0.1) is 0 Å². The molecule has 0 spiro atoms. The molecule has 1 aliphatic heterocycles. The highest BCUT2D eigenvalue weighted by Gasteiger charge is 2.25. The van der Waals surface area contributed by atoms with E-state index < -0.39 is 10.0 Å². The minimum Gasteiger partial charge on any atom is -0.381 e. The van der Waals surface area contributed by atoms with Crippen molar-refractivity contribution in [3.05, 3.63) is 23.5 Å². The third kappa shape index (κ3) is 3.66. The third-order valence-corrected chi connectivity index (χ3v) is 5.20. The van der Waals surface area contributed by atoms with Crippen molar-refractivity contribution in [2.24, 2.45) is 5.92 Å². The lowest BCUT2D eigenvalue weighted by atomic mass is 10.0. The van der Waals surface area contributed by atoms with Crippen molar-refractivity contribution < 1.29 is 13.2 Å². The van der Waals surface area contributed by atoms with Crippen LogP contribution in [-0.4, -0.2) is 44.5 Å². The molecule has 0 saturated carbocycles. The van der Waals surface area contributed by atoms with Gasteiger partial charge in [-0.05, 0) is 30.9 Å². The normalized spacial score (nSPS) is 20.7. The van der Waals surface area contributed by atoms with Crippen molar-refractivity contribution in [1.82, 2.24) is 9.29 Å². The Morgan fingerprint density at radius 2 is 2.37 bits per heavy atom. The molecule has 1 unspecified atom stereocenters. The molecule has 2 rings (SSSR count). The average Bonchev–Trinajstić information content (AvgIpc) is 2.40. The first-order valence-electron chi connectivity index (χ1n) is 6.16. The third-order valence-electron chi connectivity index (χ3n) is 3.18. The lowest BCUT2D eigenvalue weighted by molar-refractivity contribution is 0.0495. The second kappa shape index (κ2) is 6.17. The van der Waals surface area contributed by atoms with E-state index in [1.54, 1.807) is 7.05 Å². The predicted molar refractivity (Wildman–Crippen MR) is 72.6 cm³/mol. The second-order valence-corrected chi connectivity index (χ2v) is 7.12. The Morgan fingerprint density at radius 3 is 3.00 bits per heavy atom. The van der Waals surface area contributed by atoms with Crippen LogP contribution in [0, 0.1) is 5.92 Å². The van der Waals surface area contributed by atoms with Gasteiger partial charge in [0.25, 0.3) is 0 Å². The van der Waals surface area contributed by atoms with Gasteiger partial charge in [-0.3, -0.25) is 0 Å². The molecule has 106 valence electrons. The molecule has 1 saturated heterocycles. The number of sulfonamides is 1. The molecule has 5 nitrogen and oxygen atoms in total. The smallest absolute Gasteiger partial charge is 0.242 e. The number of pyridine rings is 1. The Kier molecular flexibility index (Phi) is 4.78. The SMILES string of the molecule is CN(CC1CCCOC1)S(=O)(=O)c1ccnc(Cl)c1. The summed E-state index contributed by atoms with van der Waals surface area (Å²) in [6.07, 6.45) is 3.38. The van der Waals surface area contributed by atoms with Crippen LogP contribution < -0.4 is 0 Å². The lowest BCUT2D eigenvalue weighted by Gasteiger charge is -2.26. The van der Waals surface area contributed by atoms with Gasteiger partial charge in [0.1, 0.15) is 5.15 Å². The summed E-state index contributed by atoms with van der Waals surface area (Å²) in [5.41, 5.74) is 0. The van der Waals surface area contributed by atoms with Gasteiger partial charge in [0.15, 0.2) is 0 Å². The van der Waals surface area contributed by atoms with Crippen molar-refractivity contribution in [2.75, 3.05) is 26.8 Å². The highest BCUT2D eigenvalue weighted by Crippen LogP contribution is 2.20. The molecule has 7 heteroatoms. The van der Waals surface area contributed by atoms with Gasteiger partial charge in [0.2, 0.25) is 10.0 Å². The summed E-state index contributed by atoms with van der Waals surface area (Å²) in [6, 6.07) is 2.82. The summed E-state index contributed by atoms with van der Waals surface area (Å²) in [6.45, 7) is 1.85. The maximum absolute atomic E-state index is 12.4. The maximum Gasteiger partial charge on any atom is 0.242 e. The van der Waals surface area contributed by atoms with Gasteiger partial charge < -0.3 is 4.74 Å². The summed E-state index contributed by atoms with van der Waals surface area (Å²) in [7, 11) is -1.93. The zero-order chi connectivity index (χ0) is 13.9. The van der Waals surface area contributed by atoms with E-state index in [1.807, 2.05) is 0 Å². The number of rotatable bonds is 4. The molecule has 1 atom stereocenters. The minimum atomic E-state index is -3.51. The molecule has 0 aromatic carbocycles. The molecule has 19 heavy (non-hydrogen) atoms. The van der Waals surface area contributed by atoms with E-state index in [9.17, 15) is 8.42 Å². The molecule has 0 radical (unpaired) electrons. The number of nitrogens with zero attached hydrogens (tertiary/aromatic N) is 2. The Hall–Kier alpha value is -0.690. The van der Waals surface area contributed by atoms with E-state index in [0.717, 1.165) is 19.4 Å². The van der Waals surface area contributed by atoms with E-state index in [4.69, 9.17) is 16.3 Å². The summed E-state index contributed by atoms with van der Waals surface area (Å²) in [5, 5.41) is 0.176. The van der Waals surface area contributed by atoms with Crippen LogP contribution in [0.2, 0.25) is 5.15 Å². The molecule has 0 N–H and O–H groups in total. The average molecular weight is 305 g/mol. The van der Waals surface area contributed by atoms with E-state index in [0.29, 0.717) is 13.2 Å². The molecule has 1 aromatic heterocycles. The first kappa shape index (κ1) is 14.7. The topological polar surface area (TPSA) is 59.5 Å². The van der Waals surface area contributed by atoms with Crippen LogP contribution in [0.3, 0.4) is 0 Å². The van der Waals surface area contributed by atoms with Crippen LogP contribution in [0.15, 0.2) is 23.2 Å². The van der Waals surface area contributed by atoms with Crippen molar-refractivity contribution in [3.8, 4) is 0 Å². The predicted octanol–water partition coefficient (Wildman–Crippen LogP) is 1.78. The monoisotopic (exact) mass is 304 g/mol. The second-order valence-electron chi connectivity index (χ2n) is 4.68. The van der Waals surface area contributed by atoms with Crippen LogP contribution in [0.5, 0.6) is 0 Å². The molecule has 0 aliphatic carbocycles. The van der Waals surface area contributed by atoms with Crippen LogP contribution in [0.4, 0.5) is 0 Å². The molecule has 1 fully saturated rings. The Bertz CT molecular complexity index is 530. The van der Waals surface area contributed by atoms with Crippen molar-refractivity contribution >= 4 is 21.6 Å². The van der Waals surface area contributed by atoms with E-state index >= 15 is 0 Å². The van der Waals surface area contributed by atoms with E-state index in [2.05, 4.69) is 4.98 Å². The summed E-state index contributed by atoms with van der Waals surface area (Å²) >= 11 is 5.73. The van der Waals surface area contributed by atoms with Crippen LogP contribution in [0.25, 0.3) is 0 Å². The van der Waals surface area contributed by atoms with Crippen molar-refractivity contribution in [1.29, 1.82) is 0 Å². The van der Waals surface area contributed by atoms with E-state index in [-0.39, 0.29) is 16.0 Å². The van der Waals surface area contributed by atoms with E-state index in [1.165, 1.54) is 22.6 Å². The molecule has 1 aliphatic rings. The standard InChI is InChI=1S/C12H17ClN2O3S/c1-15(8-10-3-2-6-18-9-10)19(16,17)11-4-5-14-12(13)7-11/h4-5,7,10H,2-3,6,8-9H2,1H3. The first-order valence-corrected chi connectivity index (χ1v) is 7.97. The molecular formula is C12H17ClN2O3S. The quantitative estimate of drug-likeness (QED) is 0.796. The molecule has 0 bridgehead atoms. The maximum atomic E-state index is 12.4. The Balaban J connectivity index is 2.10. The number of hydrogen-bond acceptors (Lipinski definition) is 4. The number of hydrogen-bond donors (Lipinski definition) is 0. The van der Waals surface area contributed by atoms with Crippen LogP contribution in [0.1, 0.15) is 12.8 Å². The molecular weight excluding hydrogens is 288 g/mol. The molecule has 0 amide bonds. The number of halogens is 1. The van der Waals surface area contributed by atoms with Gasteiger partial charge in [0.05, 0.1) is 11.5 Å². The highest BCUT2D eigenvalue weighted by atomic mass is 35.5. The fourth-order valence-corrected chi connectivity index (χ4v) is 3.64. The Morgan fingerprint density at radius 1 is 1.58 bits per heavy atom. The van der Waals surface area contributed by atoms with Crippen LogP contribution in [-0.2, 0) is 14.8 Å². The summed E-state index contributed by atoms with van der Waals surface area (Å²) in [5.74, 6) is 0.255.